The Balaban J connectivity index is 4.29. The monoisotopic (exact) mass is 777 g/mol. The molecule has 11 heteroatoms. The zero-order valence-corrected chi connectivity index (χ0v) is 34.9. The van der Waals surface area contributed by atoms with Crippen molar-refractivity contribution in [1.29, 1.82) is 0 Å². The van der Waals surface area contributed by atoms with Crippen LogP contribution in [-0.4, -0.2) is 65.7 Å². The van der Waals surface area contributed by atoms with Gasteiger partial charge in [-0.15, -0.1) is 0 Å². The second-order valence-electron chi connectivity index (χ2n) is 14.7. The van der Waals surface area contributed by atoms with Gasteiger partial charge in [-0.2, -0.15) is 0 Å². The molecule has 0 amide bonds. The van der Waals surface area contributed by atoms with Crippen molar-refractivity contribution in [1.82, 2.24) is 0 Å². The van der Waals surface area contributed by atoms with Crippen LogP contribution in [0.1, 0.15) is 206 Å². The lowest BCUT2D eigenvalue weighted by molar-refractivity contribution is -0.161. The molecule has 0 spiro atoms. The number of carbonyl (C=O) groups is 2. The maximum absolute atomic E-state index is 12.6. The van der Waals surface area contributed by atoms with Gasteiger partial charge in [-0.3, -0.25) is 18.6 Å². The summed E-state index contributed by atoms with van der Waals surface area (Å²) in [5.74, 6) is -0.933. The molecule has 0 bridgehead atoms. The van der Waals surface area contributed by atoms with Crippen LogP contribution in [0.3, 0.4) is 0 Å². The van der Waals surface area contributed by atoms with E-state index in [1.165, 1.54) is 122 Å². The van der Waals surface area contributed by atoms with Gasteiger partial charge in [0.25, 0.3) is 0 Å². The highest BCUT2D eigenvalue weighted by molar-refractivity contribution is 7.47. The normalized spacial score (nSPS) is 14.0. The molecule has 0 saturated carbocycles. The van der Waals surface area contributed by atoms with Crippen LogP contribution in [0.5, 0.6) is 0 Å². The smallest absolute Gasteiger partial charge is 0.462 e. The molecule has 0 aromatic carbocycles. The Morgan fingerprint density at radius 3 is 1.38 bits per heavy atom. The summed E-state index contributed by atoms with van der Waals surface area (Å²) in [6.45, 7) is 2.38. The Bertz CT molecular complexity index is 899. The summed E-state index contributed by atoms with van der Waals surface area (Å²) < 4.78 is 32.7. The number of phosphoric acid groups is 1. The van der Waals surface area contributed by atoms with E-state index in [0.29, 0.717) is 12.8 Å². The molecule has 3 N–H and O–H groups in total. The Morgan fingerprint density at radius 2 is 0.925 bits per heavy atom. The van der Waals surface area contributed by atoms with Gasteiger partial charge in [-0.25, -0.2) is 4.57 Å². The lowest BCUT2D eigenvalue weighted by Gasteiger charge is -2.20. The number of unbranched alkanes of at least 4 members (excludes halogenated alkanes) is 25. The number of carbonyl (C=O) groups excluding carboxylic acids is 2. The Labute approximate surface area is 324 Å². The summed E-state index contributed by atoms with van der Waals surface area (Å²) in [7, 11) is -4.61. The summed E-state index contributed by atoms with van der Waals surface area (Å²) in [4.78, 5) is 34.9. The largest absolute Gasteiger partial charge is 0.472 e. The first-order valence-electron chi connectivity index (χ1n) is 21.6. The van der Waals surface area contributed by atoms with E-state index >= 15 is 0 Å². The second kappa shape index (κ2) is 39.0. The summed E-state index contributed by atoms with van der Waals surface area (Å²) in [5.41, 5.74) is 0. The number of hydrogen-bond donors (Lipinski definition) is 3. The molecule has 0 radical (unpaired) electrons. The highest BCUT2D eigenvalue weighted by Crippen LogP contribution is 2.43. The number of hydrogen-bond acceptors (Lipinski definition) is 9. The molecule has 0 aromatic heterocycles. The molecule has 0 heterocycles. The second-order valence-corrected chi connectivity index (χ2v) is 16.2. The van der Waals surface area contributed by atoms with E-state index in [0.717, 1.165) is 44.9 Å². The third kappa shape index (κ3) is 38.8. The van der Waals surface area contributed by atoms with E-state index in [1.54, 1.807) is 0 Å². The van der Waals surface area contributed by atoms with Crippen LogP contribution < -0.4 is 0 Å². The molecule has 0 rings (SSSR count). The molecule has 0 aromatic rings. The number of phosphoric ester groups is 1. The van der Waals surface area contributed by atoms with Crippen LogP contribution >= 0.6 is 7.82 Å². The molecule has 314 valence electrons. The fourth-order valence-electron chi connectivity index (χ4n) is 6.05. The van der Waals surface area contributed by atoms with Gasteiger partial charge in [0.05, 0.1) is 19.8 Å². The van der Waals surface area contributed by atoms with Crippen molar-refractivity contribution >= 4 is 19.8 Å². The number of rotatable bonds is 41. The molecule has 0 aliphatic rings. The maximum Gasteiger partial charge on any atom is 0.472 e. The number of aliphatic hydroxyl groups excluding tert-OH is 2. The van der Waals surface area contributed by atoms with Gasteiger partial charge >= 0.3 is 19.8 Å². The third-order valence-electron chi connectivity index (χ3n) is 9.42. The van der Waals surface area contributed by atoms with Crippen molar-refractivity contribution in [2.75, 3.05) is 26.4 Å². The van der Waals surface area contributed by atoms with Gasteiger partial charge in [-0.1, -0.05) is 167 Å². The lowest BCUT2D eigenvalue weighted by Crippen LogP contribution is -2.29. The van der Waals surface area contributed by atoms with Crippen LogP contribution in [0, 0.1) is 0 Å². The summed E-state index contributed by atoms with van der Waals surface area (Å²) in [6.07, 6.45) is 36.0. The van der Waals surface area contributed by atoms with Gasteiger partial charge in [0.2, 0.25) is 0 Å². The minimum atomic E-state index is -4.61. The SMILES string of the molecule is CCCCCCCCCC/C=C/CCCCCC(=O)OC[C@H](COP(=O)(O)OC[C@@H](O)CO)OC(=O)CCCCCCCCCCCCCCCCC. The highest BCUT2D eigenvalue weighted by atomic mass is 31.2. The van der Waals surface area contributed by atoms with Crippen LogP contribution in [0.2, 0.25) is 0 Å². The number of aliphatic hydroxyl groups is 2. The van der Waals surface area contributed by atoms with Crippen LogP contribution in [-0.2, 0) is 32.7 Å². The van der Waals surface area contributed by atoms with Crippen molar-refractivity contribution in [2.45, 2.75) is 219 Å². The average molecular weight is 777 g/mol. The van der Waals surface area contributed by atoms with E-state index in [9.17, 15) is 24.2 Å². The first kappa shape index (κ1) is 51.7. The quantitative estimate of drug-likeness (QED) is 0.0237. The molecule has 3 atom stereocenters. The first-order valence-corrected chi connectivity index (χ1v) is 23.1. The summed E-state index contributed by atoms with van der Waals surface area (Å²) in [5, 5.41) is 18.3. The lowest BCUT2D eigenvalue weighted by atomic mass is 10.0. The van der Waals surface area contributed by atoms with Crippen LogP contribution in [0.4, 0.5) is 0 Å². The fourth-order valence-corrected chi connectivity index (χ4v) is 6.84. The molecule has 1 unspecified atom stereocenters. The molecule has 0 aliphatic heterocycles. The summed E-state index contributed by atoms with van der Waals surface area (Å²) in [6, 6.07) is 0. The van der Waals surface area contributed by atoms with Crippen molar-refractivity contribution in [2.24, 2.45) is 0 Å². The van der Waals surface area contributed by atoms with E-state index < -0.39 is 51.8 Å². The van der Waals surface area contributed by atoms with Crippen molar-refractivity contribution in [3.63, 3.8) is 0 Å². The maximum atomic E-state index is 12.6. The predicted molar refractivity (Wildman–Crippen MR) is 215 cm³/mol. The molecule has 53 heavy (non-hydrogen) atoms. The molecule has 0 aliphatic carbocycles. The number of esters is 2. The molecule has 0 fully saturated rings. The third-order valence-corrected chi connectivity index (χ3v) is 10.4. The zero-order chi connectivity index (χ0) is 39.1. The van der Waals surface area contributed by atoms with Crippen molar-refractivity contribution < 1.29 is 47.8 Å². The zero-order valence-electron chi connectivity index (χ0n) is 34.0. The van der Waals surface area contributed by atoms with E-state index in [2.05, 4.69) is 30.5 Å². The minimum Gasteiger partial charge on any atom is -0.462 e. The van der Waals surface area contributed by atoms with Gasteiger partial charge in [-0.05, 0) is 38.5 Å². The van der Waals surface area contributed by atoms with Crippen LogP contribution in [0.15, 0.2) is 12.2 Å². The Kier molecular flexibility index (Phi) is 38.0. The van der Waals surface area contributed by atoms with Crippen molar-refractivity contribution in [3.05, 3.63) is 12.2 Å². The molecule has 0 saturated heterocycles. The molecule has 10 nitrogen and oxygen atoms in total. The molecular formula is C42H81O10P. The Morgan fingerprint density at radius 1 is 0.547 bits per heavy atom. The standard InChI is InChI=1S/C42H81O10P/c1-3-5-7-9-11-13-15-17-19-21-23-25-27-29-31-33-41(45)49-37-40(38-51-53(47,48)50-36-39(44)35-43)52-42(46)34-32-30-28-26-24-22-20-18-16-14-12-10-8-6-4-2/h21,23,39-40,43-44H,3-20,22,24-38H2,1-2H3,(H,47,48)/b23-21+/t39-,40+/m0/s1. The number of ether oxygens (including phenoxy) is 2. The van der Waals surface area contributed by atoms with E-state index in [4.69, 9.17) is 19.1 Å². The topological polar surface area (TPSA) is 149 Å². The first-order chi connectivity index (χ1) is 25.7. The highest BCUT2D eigenvalue weighted by Gasteiger charge is 2.27. The van der Waals surface area contributed by atoms with Gasteiger partial charge in [0, 0.05) is 12.8 Å². The van der Waals surface area contributed by atoms with Crippen molar-refractivity contribution in [3.8, 4) is 0 Å². The van der Waals surface area contributed by atoms with Gasteiger partial charge in [0.1, 0.15) is 12.7 Å². The summed E-state index contributed by atoms with van der Waals surface area (Å²) >= 11 is 0. The average Bonchev–Trinajstić information content (AvgIpc) is 3.14. The predicted octanol–water partition coefficient (Wildman–Crippen LogP) is 11.2. The number of allylic oxidation sites excluding steroid dienone is 2. The van der Waals surface area contributed by atoms with Gasteiger partial charge in [0.15, 0.2) is 6.10 Å². The molecular weight excluding hydrogens is 695 g/mol. The van der Waals surface area contributed by atoms with Crippen LogP contribution in [0.25, 0.3) is 0 Å². The Hall–Kier alpha value is -1.29. The van der Waals surface area contributed by atoms with E-state index in [1.807, 2.05) is 0 Å². The van der Waals surface area contributed by atoms with Gasteiger partial charge < -0.3 is 24.6 Å². The van der Waals surface area contributed by atoms with E-state index in [-0.39, 0.29) is 19.4 Å². The minimum absolute atomic E-state index is 0.187. The fraction of sp³-hybridized carbons (Fsp3) is 0.905.